The molecule has 0 saturated heterocycles. The first kappa shape index (κ1) is 13.6. The third kappa shape index (κ3) is 7.66. The fraction of sp³-hybridized carbons (Fsp3) is 0.364. The second-order valence-corrected chi connectivity index (χ2v) is 3.00. The molecule has 4 heteroatoms. The van der Waals surface area contributed by atoms with Crippen molar-refractivity contribution in [3.8, 4) is 0 Å². The van der Waals surface area contributed by atoms with Gasteiger partial charge in [-0.3, -0.25) is 4.79 Å². The SMILES string of the molecule is CC(O)C(N)=O.COCc1ccccc1. The van der Waals surface area contributed by atoms with Gasteiger partial charge in [0.25, 0.3) is 0 Å². The zero-order valence-electron chi connectivity index (χ0n) is 9.01. The summed E-state index contributed by atoms with van der Waals surface area (Å²) in [6.07, 6.45) is -1.01. The Balaban J connectivity index is 0.000000288. The van der Waals surface area contributed by atoms with Crippen LogP contribution in [0.25, 0.3) is 0 Å². The molecule has 4 nitrogen and oxygen atoms in total. The van der Waals surface area contributed by atoms with Gasteiger partial charge < -0.3 is 15.6 Å². The summed E-state index contributed by atoms with van der Waals surface area (Å²) in [4.78, 5) is 9.67. The molecule has 1 atom stereocenters. The molecule has 0 aliphatic heterocycles. The number of hydrogen-bond acceptors (Lipinski definition) is 3. The zero-order chi connectivity index (χ0) is 11.7. The maximum atomic E-state index is 9.67. The summed E-state index contributed by atoms with van der Waals surface area (Å²) in [6, 6.07) is 10.1. The van der Waals surface area contributed by atoms with Crippen LogP contribution in [0.15, 0.2) is 30.3 Å². The van der Waals surface area contributed by atoms with Crippen LogP contribution in [0, 0.1) is 0 Å². The quantitative estimate of drug-likeness (QED) is 0.772. The molecule has 84 valence electrons. The van der Waals surface area contributed by atoms with E-state index in [0.29, 0.717) is 6.61 Å². The molecule has 1 amide bonds. The highest BCUT2D eigenvalue weighted by Crippen LogP contribution is 1.98. The van der Waals surface area contributed by atoms with E-state index in [9.17, 15) is 4.79 Å². The Hall–Kier alpha value is -1.39. The molecule has 1 unspecified atom stereocenters. The minimum Gasteiger partial charge on any atom is -0.384 e. The summed E-state index contributed by atoms with van der Waals surface area (Å²) in [5.74, 6) is -0.685. The van der Waals surface area contributed by atoms with E-state index in [1.165, 1.54) is 12.5 Å². The number of methoxy groups -OCH3 is 1. The number of amides is 1. The number of aliphatic hydroxyl groups is 1. The summed E-state index contributed by atoms with van der Waals surface area (Å²) in [5.41, 5.74) is 5.77. The van der Waals surface area contributed by atoms with Gasteiger partial charge in [0.2, 0.25) is 5.91 Å². The van der Waals surface area contributed by atoms with Crippen LogP contribution < -0.4 is 5.73 Å². The number of benzene rings is 1. The third-order valence-corrected chi connectivity index (χ3v) is 1.57. The zero-order valence-corrected chi connectivity index (χ0v) is 9.01. The molecule has 0 heterocycles. The summed E-state index contributed by atoms with van der Waals surface area (Å²) in [7, 11) is 1.70. The van der Waals surface area contributed by atoms with Crippen LogP contribution in [0.1, 0.15) is 12.5 Å². The van der Waals surface area contributed by atoms with Crippen LogP contribution in [0.5, 0.6) is 0 Å². The standard InChI is InChI=1S/C8H10O.C3H7NO2/c1-9-7-8-5-3-2-4-6-8;1-2(5)3(4)6/h2-6H,7H2,1H3;2,5H,1H3,(H2,4,6). The number of rotatable bonds is 3. The molecule has 1 aromatic rings. The molecular formula is C11H17NO3. The van der Waals surface area contributed by atoms with Gasteiger partial charge in [-0.25, -0.2) is 0 Å². The van der Waals surface area contributed by atoms with Gasteiger partial charge >= 0.3 is 0 Å². The van der Waals surface area contributed by atoms with Crippen LogP contribution in [-0.2, 0) is 16.1 Å². The molecule has 0 radical (unpaired) electrons. The van der Waals surface area contributed by atoms with Gasteiger partial charge in [0.1, 0.15) is 6.10 Å². The Morgan fingerprint density at radius 2 is 1.93 bits per heavy atom. The topological polar surface area (TPSA) is 72.5 Å². The average molecular weight is 211 g/mol. The average Bonchev–Trinajstić information content (AvgIpc) is 2.20. The minimum atomic E-state index is -1.01. The van der Waals surface area contributed by atoms with Crippen molar-refractivity contribution in [1.82, 2.24) is 0 Å². The first-order chi connectivity index (χ1) is 7.07. The second kappa shape index (κ2) is 7.96. The highest BCUT2D eigenvalue weighted by atomic mass is 16.5. The fourth-order valence-corrected chi connectivity index (χ4v) is 0.741. The van der Waals surface area contributed by atoms with Gasteiger partial charge in [0, 0.05) is 7.11 Å². The Kier molecular flexibility index (Phi) is 7.23. The molecule has 1 rings (SSSR count). The maximum absolute atomic E-state index is 9.67. The van der Waals surface area contributed by atoms with Gasteiger partial charge in [0.15, 0.2) is 0 Å². The van der Waals surface area contributed by atoms with E-state index in [2.05, 4.69) is 5.73 Å². The molecular weight excluding hydrogens is 194 g/mol. The number of carbonyl (C=O) groups is 1. The van der Waals surface area contributed by atoms with Crippen LogP contribution in [0.2, 0.25) is 0 Å². The van der Waals surface area contributed by atoms with Crippen molar-refractivity contribution in [3.05, 3.63) is 35.9 Å². The smallest absolute Gasteiger partial charge is 0.245 e. The molecule has 0 aliphatic rings. The van der Waals surface area contributed by atoms with Crippen molar-refractivity contribution in [2.24, 2.45) is 5.73 Å². The van der Waals surface area contributed by atoms with Gasteiger partial charge in [-0.1, -0.05) is 30.3 Å². The van der Waals surface area contributed by atoms with E-state index in [0.717, 1.165) is 0 Å². The van der Waals surface area contributed by atoms with E-state index in [1.54, 1.807) is 7.11 Å². The normalized spacial score (nSPS) is 11.1. The number of aliphatic hydroxyl groups excluding tert-OH is 1. The van der Waals surface area contributed by atoms with Crippen molar-refractivity contribution in [2.45, 2.75) is 19.6 Å². The summed E-state index contributed by atoms with van der Waals surface area (Å²) >= 11 is 0. The molecule has 0 aromatic heterocycles. The Bertz CT molecular complexity index is 272. The van der Waals surface area contributed by atoms with Crippen molar-refractivity contribution < 1.29 is 14.6 Å². The molecule has 0 fully saturated rings. The third-order valence-electron chi connectivity index (χ3n) is 1.57. The first-order valence-corrected chi connectivity index (χ1v) is 4.58. The molecule has 3 N–H and O–H groups in total. The van der Waals surface area contributed by atoms with E-state index in [4.69, 9.17) is 9.84 Å². The van der Waals surface area contributed by atoms with Crippen LogP contribution in [-0.4, -0.2) is 24.2 Å². The number of nitrogens with two attached hydrogens (primary N) is 1. The fourth-order valence-electron chi connectivity index (χ4n) is 0.741. The van der Waals surface area contributed by atoms with E-state index in [-0.39, 0.29) is 0 Å². The molecule has 0 spiro atoms. The lowest BCUT2D eigenvalue weighted by Gasteiger charge is -1.95. The van der Waals surface area contributed by atoms with Gasteiger partial charge in [-0.2, -0.15) is 0 Å². The van der Waals surface area contributed by atoms with Crippen molar-refractivity contribution in [2.75, 3.05) is 7.11 Å². The summed E-state index contributed by atoms with van der Waals surface area (Å²) < 4.78 is 4.93. The number of carbonyl (C=O) groups excluding carboxylic acids is 1. The summed E-state index contributed by atoms with van der Waals surface area (Å²) in [5, 5.41) is 8.16. The molecule has 15 heavy (non-hydrogen) atoms. The molecule has 0 bridgehead atoms. The van der Waals surface area contributed by atoms with E-state index >= 15 is 0 Å². The van der Waals surface area contributed by atoms with Gasteiger partial charge in [-0.05, 0) is 12.5 Å². The Morgan fingerprint density at radius 3 is 2.27 bits per heavy atom. The minimum absolute atomic E-state index is 0.685. The van der Waals surface area contributed by atoms with Crippen LogP contribution in [0.3, 0.4) is 0 Å². The lowest BCUT2D eigenvalue weighted by atomic mass is 10.2. The Morgan fingerprint density at radius 1 is 1.47 bits per heavy atom. The highest BCUT2D eigenvalue weighted by Gasteiger charge is 1.98. The lowest BCUT2D eigenvalue weighted by Crippen LogP contribution is -2.24. The van der Waals surface area contributed by atoms with E-state index < -0.39 is 12.0 Å². The number of hydrogen-bond donors (Lipinski definition) is 2. The molecule has 1 aromatic carbocycles. The number of ether oxygens (including phenoxy) is 1. The predicted molar refractivity (Wildman–Crippen MR) is 58.0 cm³/mol. The number of primary amides is 1. The highest BCUT2D eigenvalue weighted by molar-refractivity contribution is 5.77. The van der Waals surface area contributed by atoms with Crippen LogP contribution in [0.4, 0.5) is 0 Å². The van der Waals surface area contributed by atoms with Crippen LogP contribution >= 0.6 is 0 Å². The van der Waals surface area contributed by atoms with Crippen molar-refractivity contribution in [3.63, 3.8) is 0 Å². The maximum Gasteiger partial charge on any atom is 0.245 e. The second-order valence-electron chi connectivity index (χ2n) is 3.00. The lowest BCUT2D eigenvalue weighted by molar-refractivity contribution is -0.125. The largest absolute Gasteiger partial charge is 0.384 e. The Labute approximate surface area is 89.7 Å². The summed E-state index contributed by atoms with van der Waals surface area (Å²) in [6.45, 7) is 2.03. The van der Waals surface area contributed by atoms with Gasteiger partial charge in [-0.15, -0.1) is 0 Å². The van der Waals surface area contributed by atoms with Gasteiger partial charge in [0.05, 0.1) is 6.61 Å². The van der Waals surface area contributed by atoms with Crippen molar-refractivity contribution in [1.29, 1.82) is 0 Å². The molecule has 0 saturated carbocycles. The first-order valence-electron chi connectivity index (χ1n) is 4.58. The monoisotopic (exact) mass is 211 g/mol. The predicted octanol–water partition coefficient (Wildman–Crippen LogP) is 0.685. The van der Waals surface area contributed by atoms with Crippen molar-refractivity contribution >= 4 is 5.91 Å². The molecule has 0 aliphatic carbocycles. The van der Waals surface area contributed by atoms with E-state index in [1.807, 2.05) is 30.3 Å².